The summed E-state index contributed by atoms with van der Waals surface area (Å²) in [4.78, 5) is 14.2. The monoisotopic (exact) mass is 237 g/mol. The van der Waals surface area contributed by atoms with E-state index in [2.05, 4.69) is 13.2 Å². The molecule has 0 aromatic heterocycles. The largest absolute Gasteiger partial charge is 0.394 e. The van der Waals surface area contributed by atoms with E-state index in [1.807, 2.05) is 11.8 Å². The van der Waals surface area contributed by atoms with Crippen molar-refractivity contribution in [3.63, 3.8) is 0 Å². The molecule has 0 aliphatic carbocycles. The fraction of sp³-hybridized carbons (Fsp3) is 0.643. The smallest absolute Gasteiger partial charge is 0.226 e. The Morgan fingerprint density at radius 2 is 2.35 bits per heavy atom. The third kappa shape index (κ3) is 3.70. The predicted molar refractivity (Wildman–Crippen MR) is 69.6 cm³/mol. The van der Waals surface area contributed by atoms with Gasteiger partial charge in [-0.1, -0.05) is 11.6 Å². The molecule has 1 aliphatic rings. The molecule has 0 unspecified atom stereocenters. The molecule has 0 aromatic rings. The lowest BCUT2D eigenvalue weighted by Gasteiger charge is -2.27. The zero-order chi connectivity index (χ0) is 12.8. The van der Waals surface area contributed by atoms with E-state index in [-0.39, 0.29) is 24.5 Å². The van der Waals surface area contributed by atoms with Crippen molar-refractivity contribution in [2.24, 2.45) is 5.92 Å². The van der Waals surface area contributed by atoms with Crippen LogP contribution in [0.1, 0.15) is 32.6 Å². The van der Waals surface area contributed by atoms with E-state index < -0.39 is 0 Å². The Hall–Kier alpha value is -1.09. The molecule has 0 radical (unpaired) electrons. The van der Waals surface area contributed by atoms with Gasteiger partial charge in [-0.3, -0.25) is 4.79 Å². The van der Waals surface area contributed by atoms with Crippen molar-refractivity contribution in [3.8, 4) is 0 Å². The van der Waals surface area contributed by atoms with Crippen molar-refractivity contribution in [3.05, 3.63) is 24.8 Å². The van der Waals surface area contributed by atoms with Gasteiger partial charge in [0.1, 0.15) is 0 Å². The van der Waals surface area contributed by atoms with Gasteiger partial charge in [0.2, 0.25) is 5.91 Å². The maximum atomic E-state index is 12.4. The minimum Gasteiger partial charge on any atom is -0.394 e. The van der Waals surface area contributed by atoms with Gasteiger partial charge in [0.25, 0.3) is 0 Å². The Kier molecular flexibility index (Phi) is 5.42. The molecule has 1 aliphatic heterocycles. The molecule has 0 saturated carbocycles. The average Bonchev–Trinajstić information content (AvgIpc) is 2.74. The second-order valence-corrected chi connectivity index (χ2v) is 4.89. The molecule has 1 amide bonds. The summed E-state index contributed by atoms with van der Waals surface area (Å²) >= 11 is 0. The SMILES string of the molecule is C=CC[C@@H](CC(=C)C)C(=O)N1CCC[C@H]1CO. The van der Waals surface area contributed by atoms with Crippen LogP contribution >= 0.6 is 0 Å². The number of carbonyl (C=O) groups excluding carboxylic acids is 1. The number of hydrogen-bond acceptors (Lipinski definition) is 2. The van der Waals surface area contributed by atoms with Gasteiger partial charge < -0.3 is 10.0 Å². The fourth-order valence-electron chi connectivity index (χ4n) is 2.44. The highest BCUT2D eigenvalue weighted by Crippen LogP contribution is 2.24. The van der Waals surface area contributed by atoms with Crippen LogP contribution in [0.5, 0.6) is 0 Å². The second kappa shape index (κ2) is 6.60. The highest BCUT2D eigenvalue weighted by molar-refractivity contribution is 5.80. The Morgan fingerprint density at radius 3 is 2.88 bits per heavy atom. The number of nitrogens with zero attached hydrogens (tertiary/aromatic N) is 1. The molecule has 96 valence electrons. The van der Waals surface area contributed by atoms with Crippen LogP contribution < -0.4 is 0 Å². The summed E-state index contributed by atoms with van der Waals surface area (Å²) in [5.41, 5.74) is 1.02. The van der Waals surface area contributed by atoms with Crippen LogP contribution in [0.25, 0.3) is 0 Å². The quantitative estimate of drug-likeness (QED) is 0.719. The van der Waals surface area contributed by atoms with Gasteiger partial charge in [-0.05, 0) is 32.6 Å². The number of aliphatic hydroxyl groups excluding tert-OH is 1. The standard InChI is InChI=1S/C14H23NO2/c1-4-6-12(9-11(2)3)14(17)15-8-5-7-13(15)10-16/h4,12-13,16H,1-2,5-10H2,3H3/t12-,13-/m0/s1. The number of allylic oxidation sites excluding steroid dienone is 2. The van der Waals surface area contributed by atoms with E-state index in [0.717, 1.165) is 25.0 Å². The molecule has 1 heterocycles. The molecule has 3 heteroatoms. The van der Waals surface area contributed by atoms with Crippen LogP contribution in [0, 0.1) is 5.92 Å². The molecule has 3 nitrogen and oxygen atoms in total. The third-order valence-electron chi connectivity index (χ3n) is 3.27. The molecule has 1 N–H and O–H groups in total. The van der Waals surface area contributed by atoms with Gasteiger partial charge in [-0.25, -0.2) is 0 Å². The topological polar surface area (TPSA) is 40.5 Å². The molecule has 17 heavy (non-hydrogen) atoms. The molecule has 2 atom stereocenters. The van der Waals surface area contributed by atoms with Crippen LogP contribution in [0.15, 0.2) is 24.8 Å². The zero-order valence-electron chi connectivity index (χ0n) is 10.7. The minimum absolute atomic E-state index is 0.0138. The fourth-order valence-corrected chi connectivity index (χ4v) is 2.44. The van der Waals surface area contributed by atoms with Gasteiger partial charge in [-0.15, -0.1) is 13.2 Å². The predicted octanol–water partition coefficient (Wildman–Crippen LogP) is 2.13. The Bertz CT molecular complexity index is 299. The first kappa shape index (κ1) is 14.0. The molecule has 1 fully saturated rings. The van der Waals surface area contributed by atoms with Gasteiger partial charge in [0.15, 0.2) is 0 Å². The van der Waals surface area contributed by atoms with E-state index in [0.29, 0.717) is 12.8 Å². The number of aliphatic hydroxyl groups is 1. The van der Waals surface area contributed by atoms with Crippen LogP contribution in [-0.2, 0) is 4.79 Å². The molecular weight excluding hydrogens is 214 g/mol. The van der Waals surface area contributed by atoms with Crippen LogP contribution in [0.2, 0.25) is 0 Å². The Labute approximate surface area is 104 Å². The Morgan fingerprint density at radius 1 is 1.65 bits per heavy atom. The van der Waals surface area contributed by atoms with Crippen molar-refractivity contribution in [2.75, 3.05) is 13.2 Å². The maximum Gasteiger partial charge on any atom is 0.226 e. The lowest BCUT2D eigenvalue weighted by molar-refractivity contribution is -0.137. The average molecular weight is 237 g/mol. The number of amides is 1. The van der Waals surface area contributed by atoms with E-state index >= 15 is 0 Å². The lowest BCUT2D eigenvalue weighted by Crippen LogP contribution is -2.41. The normalized spacial score (nSPS) is 21.3. The minimum atomic E-state index is -0.0582. The Balaban J connectivity index is 2.69. The van der Waals surface area contributed by atoms with Gasteiger partial charge in [0.05, 0.1) is 12.6 Å². The molecular formula is C14H23NO2. The van der Waals surface area contributed by atoms with Crippen molar-refractivity contribution < 1.29 is 9.90 Å². The van der Waals surface area contributed by atoms with Gasteiger partial charge in [-0.2, -0.15) is 0 Å². The molecule has 0 aromatic carbocycles. The molecule has 1 rings (SSSR count). The summed E-state index contributed by atoms with van der Waals surface area (Å²) in [5, 5.41) is 9.25. The van der Waals surface area contributed by atoms with Crippen LogP contribution in [-0.4, -0.2) is 35.1 Å². The summed E-state index contributed by atoms with van der Waals surface area (Å²) in [6, 6.07) is 0.0138. The molecule has 0 spiro atoms. The number of hydrogen-bond donors (Lipinski definition) is 1. The maximum absolute atomic E-state index is 12.4. The summed E-state index contributed by atoms with van der Waals surface area (Å²) in [5.74, 6) is 0.0848. The lowest BCUT2D eigenvalue weighted by atomic mass is 9.95. The summed E-state index contributed by atoms with van der Waals surface area (Å²) < 4.78 is 0. The van der Waals surface area contributed by atoms with Gasteiger partial charge in [0, 0.05) is 12.5 Å². The van der Waals surface area contributed by atoms with E-state index in [1.54, 1.807) is 6.08 Å². The first-order valence-electron chi connectivity index (χ1n) is 6.26. The number of carbonyl (C=O) groups is 1. The zero-order valence-corrected chi connectivity index (χ0v) is 10.7. The summed E-state index contributed by atoms with van der Waals surface area (Å²) in [6.45, 7) is 10.4. The number of rotatable bonds is 6. The first-order valence-corrected chi connectivity index (χ1v) is 6.26. The van der Waals surface area contributed by atoms with Crippen LogP contribution in [0.3, 0.4) is 0 Å². The number of likely N-dealkylation sites (tertiary alicyclic amines) is 1. The van der Waals surface area contributed by atoms with E-state index in [1.165, 1.54) is 0 Å². The summed E-state index contributed by atoms with van der Waals surface area (Å²) in [6.07, 6.45) is 5.08. The molecule has 0 bridgehead atoms. The van der Waals surface area contributed by atoms with Crippen LogP contribution in [0.4, 0.5) is 0 Å². The second-order valence-electron chi connectivity index (χ2n) is 4.89. The van der Waals surface area contributed by atoms with Crippen molar-refractivity contribution >= 4 is 5.91 Å². The third-order valence-corrected chi connectivity index (χ3v) is 3.27. The van der Waals surface area contributed by atoms with E-state index in [9.17, 15) is 9.90 Å². The van der Waals surface area contributed by atoms with Crippen molar-refractivity contribution in [1.29, 1.82) is 0 Å². The van der Waals surface area contributed by atoms with Crippen molar-refractivity contribution in [2.45, 2.75) is 38.6 Å². The molecule has 1 saturated heterocycles. The van der Waals surface area contributed by atoms with Gasteiger partial charge >= 0.3 is 0 Å². The summed E-state index contributed by atoms with van der Waals surface area (Å²) in [7, 11) is 0. The van der Waals surface area contributed by atoms with E-state index in [4.69, 9.17) is 0 Å². The van der Waals surface area contributed by atoms with Crippen molar-refractivity contribution in [1.82, 2.24) is 4.90 Å². The highest BCUT2D eigenvalue weighted by atomic mass is 16.3. The first-order chi connectivity index (χ1) is 8.10. The highest BCUT2D eigenvalue weighted by Gasteiger charge is 2.31.